The Labute approximate surface area is 184 Å². The lowest BCUT2D eigenvalue weighted by atomic mass is 9.97. The van der Waals surface area contributed by atoms with Crippen LogP contribution in [0.5, 0.6) is 0 Å². The summed E-state index contributed by atoms with van der Waals surface area (Å²) in [6.07, 6.45) is 0.544. The van der Waals surface area contributed by atoms with E-state index >= 15 is 0 Å². The van der Waals surface area contributed by atoms with E-state index in [0.29, 0.717) is 19.4 Å². The number of benzene rings is 1. The van der Waals surface area contributed by atoms with Crippen molar-refractivity contribution in [2.75, 3.05) is 13.7 Å². The van der Waals surface area contributed by atoms with Gasteiger partial charge >= 0.3 is 0 Å². The van der Waals surface area contributed by atoms with Crippen molar-refractivity contribution in [3.8, 4) is 0 Å². The van der Waals surface area contributed by atoms with Crippen molar-refractivity contribution >= 4 is 14.2 Å². The van der Waals surface area contributed by atoms with Gasteiger partial charge in [0.05, 0.1) is 18.2 Å². The van der Waals surface area contributed by atoms with E-state index in [1.54, 1.807) is 11.9 Å². The van der Waals surface area contributed by atoms with E-state index < -0.39 is 20.5 Å². The lowest BCUT2D eigenvalue weighted by Gasteiger charge is -2.36. The first kappa shape index (κ1) is 26.8. The zero-order valence-corrected chi connectivity index (χ0v) is 21.2. The Balaban J connectivity index is 2.47. The second kappa shape index (κ2) is 11.4. The van der Waals surface area contributed by atoms with Gasteiger partial charge < -0.3 is 19.5 Å². The number of carbonyl (C=O) groups is 1. The van der Waals surface area contributed by atoms with Gasteiger partial charge in [-0.15, -0.1) is 0 Å². The number of hydrogen-bond acceptors (Lipinski definition) is 4. The number of nitrogens with zero attached hydrogens (tertiary/aromatic N) is 1. The lowest BCUT2D eigenvalue weighted by Crippen LogP contribution is -2.42. The first-order chi connectivity index (χ1) is 13.8. The summed E-state index contributed by atoms with van der Waals surface area (Å²) >= 11 is 0. The number of aliphatic hydroxyl groups is 2. The van der Waals surface area contributed by atoms with Crippen LogP contribution in [0, 0.1) is 5.92 Å². The molecule has 0 aromatic heterocycles. The molecule has 4 unspecified atom stereocenters. The van der Waals surface area contributed by atoms with Gasteiger partial charge in [0.1, 0.15) is 0 Å². The van der Waals surface area contributed by atoms with Gasteiger partial charge in [0, 0.05) is 19.6 Å². The predicted molar refractivity (Wildman–Crippen MR) is 126 cm³/mol. The zero-order valence-electron chi connectivity index (χ0n) is 20.2. The minimum absolute atomic E-state index is 0.0611. The van der Waals surface area contributed by atoms with E-state index in [0.717, 1.165) is 12.0 Å². The Morgan fingerprint density at radius 1 is 1.13 bits per heavy atom. The molecule has 0 aliphatic heterocycles. The maximum atomic E-state index is 12.8. The molecule has 0 aliphatic rings. The summed E-state index contributed by atoms with van der Waals surface area (Å²) in [6, 6.07) is 9.02. The van der Waals surface area contributed by atoms with Gasteiger partial charge in [-0.2, -0.15) is 0 Å². The molecule has 1 aromatic rings. The highest BCUT2D eigenvalue weighted by atomic mass is 28.4. The van der Waals surface area contributed by atoms with Crippen LogP contribution in [0.3, 0.4) is 0 Å². The van der Waals surface area contributed by atoms with Crippen LogP contribution in [0.1, 0.15) is 65.5 Å². The molecule has 0 heterocycles. The van der Waals surface area contributed by atoms with Crippen LogP contribution < -0.4 is 0 Å². The van der Waals surface area contributed by atoms with Crippen molar-refractivity contribution in [2.45, 2.75) is 90.3 Å². The summed E-state index contributed by atoms with van der Waals surface area (Å²) in [6.45, 7) is 15.4. The molecule has 1 aromatic carbocycles. The second-order valence-electron chi connectivity index (χ2n) is 10.1. The lowest BCUT2D eigenvalue weighted by molar-refractivity contribution is -0.138. The van der Waals surface area contributed by atoms with Crippen molar-refractivity contribution in [3.05, 3.63) is 35.9 Å². The molecule has 1 amide bonds. The van der Waals surface area contributed by atoms with E-state index in [4.69, 9.17) is 4.43 Å². The van der Waals surface area contributed by atoms with Crippen molar-refractivity contribution in [2.24, 2.45) is 5.92 Å². The Kier molecular flexibility index (Phi) is 10.2. The summed E-state index contributed by atoms with van der Waals surface area (Å²) in [7, 11) is -0.0419. The predicted octanol–water partition coefficient (Wildman–Crippen LogP) is 4.76. The maximum Gasteiger partial charge on any atom is 0.225 e. The fourth-order valence-electron chi connectivity index (χ4n) is 3.18. The Morgan fingerprint density at radius 3 is 2.23 bits per heavy atom. The van der Waals surface area contributed by atoms with Gasteiger partial charge in [-0.3, -0.25) is 4.79 Å². The normalized spacial score (nSPS) is 16.6. The fourth-order valence-corrected chi connectivity index (χ4v) is 4.27. The summed E-state index contributed by atoms with van der Waals surface area (Å²) in [5.74, 6) is -0.370. The van der Waals surface area contributed by atoms with Gasteiger partial charge in [0.25, 0.3) is 0 Å². The SMILES string of the molecule is CC(CC(O)CCCO[Si](C)(C)C(C)(C)C)C(=O)N(C)C(C)C(O)c1ccccc1. The Bertz CT molecular complexity index is 644. The third-order valence-electron chi connectivity index (χ3n) is 6.55. The molecule has 0 aliphatic carbocycles. The van der Waals surface area contributed by atoms with Crippen molar-refractivity contribution in [1.82, 2.24) is 4.90 Å². The van der Waals surface area contributed by atoms with E-state index in [-0.39, 0.29) is 22.9 Å². The average Bonchev–Trinajstić information content (AvgIpc) is 2.68. The van der Waals surface area contributed by atoms with Gasteiger partial charge in [0.2, 0.25) is 5.91 Å². The molecule has 172 valence electrons. The molecule has 30 heavy (non-hydrogen) atoms. The molecule has 2 N–H and O–H groups in total. The number of amides is 1. The fraction of sp³-hybridized carbons (Fsp3) is 0.708. The first-order valence-electron chi connectivity index (χ1n) is 11.1. The van der Waals surface area contributed by atoms with Crippen LogP contribution in [-0.4, -0.2) is 55.1 Å². The molecule has 1 rings (SSSR count). The summed E-state index contributed by atoms with van der Waals surface area (Å²) in [4.78, 5) is 14.4. The monoisotopic (exact) mass is 437 g/mol. The average molecular weight is 438 g/mol. The summed E-state index contributed by atoms with van der Waals surface area (Å²) < 4.78 is 6.16. The summed E-state index contributed by atoms with van der Waals surface area (Å²) in [5.41, 5.74) is 0.791. The minimum Gasteiger partial charge on any atom is -0.417 e. The topological polar surface area (TPSA) is 70.0 Å². The molecule has 0 saturated carbocycles. The molecule has 5 nitrogen and oxygen atoms in total. The van der Waals surface area contributed by atoms with Crippen molar-refractivity contribution < 1.29 is 19.4 Å². The van der Waals surface area contributed by atoms with E-state index in [1.165, 1.54) is 0 Å². The standard InChI is InChI=1S/C24H43NO4Si/c1-18(17-21(26)15-12-16-29-30(7,8)24(3,4)5)23(28)25(6)19(2)22(27)20-13-10-9-11-14-20/h9-11,13-14,18-19,21-22,26-27H,12,15-17H2,1-8H3. The third-order valence-corrected chi connectivity index (χ3v) is 11.1. The Morgan fingerprint density at radius 2 is 1.70 bits per heavy atom. The smallest absolute Gasteiger partial charge is 0.225 e. The van der Waals surface area contributed by atoms with Crippen molar-refractivity contribution in [3.63, 3.8) is 0 Å². The second-order valence-corrected chi connectivity index (χ2v) is 14.9. The van der Waals surface area contributed by atoms with Crippen LogP contribution in [0.15, 0.2) is 30.3 Å². The molecule has 6 heteroatoms. The number of aliphatic hydroxyl groups excluding tert-OH is 2. The van der Waals surface area contributed by atoms with Gasteiger partial charge in [-0.05, 0) is 49.9 Å². The molecule has 0 radical (unpaired) electrons. The molecular weight excluding hydrogens is 394 g/mol. The zero-order chi connectivity index (χ0) is 23.1. The molecule has 0 bridgehead atoms. The number of likely N-dealkylation sites (N-methyl/N-ethyl adjacent to an activating group) is 1. The molecule has 0 saturated heterocycles. The van der Waals surface area contributed by atoms with Gasteiger partial charge in [-0.1, -0.05) is 58.0 Å². The van der Waals surface area contributed by atoms with E-state index in [2.05, 4.69) is 33.9 Å². The molecule has 0 fully saturated rings. The molecular formula is C24H43NO4Si. The van der Waals surface area contributed by atoms with Crippen LogP contribution in [0.25, 0.3) is 0 Å². The first-order valence-corrected chi connectivity index (χ1v) is 14.0. The quantitative estimate of drug-likeness (QED) is 0.387. The van der Waals surface area contributed by atoms with Crippen LogP contribution in [0.4, 0.5) is 0 Å². The van der Waals surface area contributed by atoms with Gasteiger partial charge in [0.15, 0.2) is 8.32 Å². The molecule has 4 atom stereocenters. The highest BCUT2D eigenvalue weighted by molar-refractivity contribution is 6.74. The van der Waals surface area contributed by atoms with Crippen LogP contribution >= 0.6 is 0 Å². The Hall–Kier alpha value is -1.21. The van der Waals surface area contributed by atoms with Crippen LogP contribution in [-0.2, 0) is 9.22 Å². The highest BCUT2D eigenvalue weighted by Crippen LogP contribution is 2.36. The number of carbonyl (C=O) groups excluding carboxylic acids is 1. The van der Waals surface area contributed by atoms with Crippen LogP contribution in [0.2, 0.25) is 18.1 Å². The van der Waals surface area contributed by atoms with Gasteiger partial charge in [-0.25, -0.2) is 0 Å². The maximum absolute atomic E-state index is 12.8. The summed E-state index contributed by atoms with van der Waals surface area (Å²) in [5, 5.41) is 21.2. The van der Waals surface area contributed by atoms with E-state index in [1.807, 2.05) is 44.2 Å². The van der Waals surface area contributed by atoms with Crippen molar-refractivity contribution in [1.29, 1.82) is 0 Å². The number of rotatable bonds is 11. The molecule has 0 spiro atoms. The number of hydrogen-bond donors (Lipinski definition) is 2. The minimum atomic E-state index is -1.76. The van der Waals surface area contributed by atoms with E-state index in [9.17, 15) is 15.0 Å². The highest BCUT2D eigenvalue weighted by Gasteiger charge is 2.37. The third kappa shape index (κ3) is 7.80. The largest absolute Gasteiger partial charge is 0.417 e.